The molecule has 4 nitrogen and oxygen atoms in total. The summed E-state index contributed by atoms with van der Waals surface area (Å²) in [6, 6.07) is 5.80. The van der Waals surface area contributed by atoms with E-state index in [1.54, 1.807) is 16.9 Å². The lowest BCUT2D eigenvalue weighted by Gasteiger charge is -2.03. The number of aryl methyl sites for hydroxylation is 1. The maximum Gasteiger partial charge on any atom is 0.256 e. The van der Waals surface area contributed by atoms with Crippen LogP contribution in [-0.4, -0.2) is 15.7 Å². The quantitative estimate of drug-likeness (QED) is 0.947. The van der Waals surface area contributed by atoms with Crippen molar-refractivity contribution in [1.29, 1.82) is 0 Å². The van der Waals surface area contributed by atoms with Crippen molar-refractivity contribution in [2.24, 2.45) is 0 Å². The number of aromatic nitrogens is 2. The van der Waals surface area contributed by atoms with E-state index >= 15 is 0 Å². The maximum atomic E-state index is 13.0. The van der Waals surface area contributed by atoms with Crippen LogP contribution in [0.15, 0.2) is 34.9 Å². The fraction of sp³-hybridized carbons (Fsp3) is 0.167. The molecule has 1 heterocycles. The summed E-state index contributed by atoms with van der Waals surface area (Å²) in [6.07, 6.45) is 1.77. The molecule has 0 unspecified atom stereocenters. The Morgan fingerprint density at radius 1 is 1.50 bits per heavy atom. The van der Waals surface area contributed by atoms with Gasteiger partial charge in [0.2, 0.25) is 0 Å². The summed E-state index contributed by atoms with van der Waals surface area (Å²) in [4.78, 5) is 11.9. The summed E-state index contributed by atoms with van der Waals surface area (Å²) >= 11 is 3.04. The van der Waals surface area contributed by atoms with Gasteiger partial charge >= 0.3 is 0 Å². The fourth-order valence-electron chi connectivity index (χ4n) is 1.43. The molecule has 0 fully saturated rings. The molecule has 2 aromatic rings. The normalized spacial score (nSPS) is 10.4. The molecule has 2 rings (SSSR count). The number of carbonyl (C=O) groups is 1. The molecule has 0 radical (unpaired) electrons. The molecule has 0 aliphatic rings. The SMILES string of the molecule is CCn1ccc(NC(=O)c2ccc(F)c(Br)c2)n1. The van der Waals surface area contributed by atoms with Crippen molar-refractivity contribution in [1.82, 2.24) is 9.78 Å². The predicted octanol–water partition coefficient (Wildman–Crippen LogP) is 3.06. The van der Waals surface area contributed by atoms with Gasteiger partial charge in [-0.2, -0.15) is 5.10 Å². The van der Waals surface area contributed by atoms with E-state index in [2.05, 4.69) is 26.3 Å². The first-order valence-corrected chi connectivity index (χ1v) is 6.19. The number of hydrogen-bond donors (Lipinski definition) is 1. The van der Waals surface area contributed by atoms with E-state index in [1.165, 1.54) is 18.2 Å². The van der Waals surface area contributed by atoms with Gasteiger partial charge in [-0.3, -0.25) is 9.48 Å². The summed E-state index contributed by atoms with van der Waals surface area (Å²) in [5, 5.41) is 6.78. The Balaban J connectivity index is 2.14. The first kappa shape index (κ1) is 12.8. The van der Waals surface area contributed by atoms with Gasteiger partial charge in [0.15, 0.2) is 5.82 Å². The van der Waals surface area contributed by atoms with E-state index in [1.807, 2.05) is 6.92 Å². The summed E-state index contributed by atoms with van der Waals surface area (Å²) in [7, 11) is 0. The molecule has 94 valence electrons. The first-order chi connectivity index (χ1) is 8.60. The molecule has 6 heteroatoms. The Bertz CT molecular complexity index is 582. The Labute approximate surface area is 112 Å². The van der Waals surface area contributed by atoms with E-state index in [-0.39, 0.29) is 10.4 Å². The van der Waals surface area contributed by atoms with Crippen molar-refractivity contribution in [2.45, 2.75) is 13.5 Å². The summed E-state index contributed by atoms with van der Waals surface area (Å²) in [6.45, 7) is 2.69. The monoisotopic (exact) mass is 311 g/mol. The van der Waals surface area contributed by atoms with E-state index in [4.69, 9.17) is 0 Å². The minimum absolute atomic E-state index is 0.259. The molecule has 1 aromatic heterocycles. The van der Waals surface area contributed by atoms with E-state index in [0.717, 1.165) is 6.54 Å². The van der Waals surface area contributed by atoms with Gasteiger partial charge in [-0.05, 0) is 41.1 Å². The van der Waals surface area contributed by atoms with Crippen LogP contribution in [-0.2, 0) is 6.54 Å². The number of amides is 1. The number of carbonyl (C=O) groups excluding carboxylic acids is 1. The lowest BCUT2D eigenvalue weighted by Crippen LogP contribution is -2.12. The smallest absolute Gasteiger partial charge is 0.256 e. The minimum Gasteiger partial charge on any atom is -0.305 e. The van der Waals surface area contributed by atoms with Crippen molar-refractivity contribution in [2.75, 3.05) is 5.32 Å². The average Bonchev–Trinajstić information content (AvgIpc) is 2.80. The molecule has 1 N–H and O–H groups in total. The van der Waals surface area contributed by atoms with E-state index < -0.39 is 5.82 Å². The molecule has 18 heavy (non-hydrogen) atoms. The Morgan fingerprint density at radius 2 is 2.28 bits per heavy atom. The molecule has 0 saturated carbocycles. The molecule has 0 bridgehead atoms. The molecule has 0 atom stereocenters. The van der Waals surface area contributed by atoms with Crippen LogP contribution in [0.5, 0.6) is 0 Å². The van der Waals surface area contributed by atoms with Gasteiger partial charge in [0.25, 0.3) is 5.91 Å². The zero-order valence-corrected chi connectivity index (χ0v) is 11.2. The highest BCUT2D eigenvalue weighted by Crippen LogP contribution is 2.17. The van der Waals surface area contributed by atoms with Crippen molar-refractivity contribution < 1.29 is 9.18 Å². The molecule has 1 aromatic carbocycles. The standard InChI is InChI=1S/C12H11BrFN3O/c1-2-17-6-5-11(16-17)15-12(18)8-3-4-10(14)9(13)7-8/h3-7H,2H2,1H3,(H,15,16,18). The number of nitrogens with one attached hydrogen (secondary N) is 1. The zero-order valence-electron chi connectivity index (χ0n) is 9.65. The Hall–Kier alpha value is -1.69. The summed E-state index contributed by atoms with van der Waals surface area (Å²) in [5.41, 5.74) is 0.370. The van der Waals surface area contributed by atoms with Gasteiger partial charge in [0, 0.05) is 24.4 Å². The second-order valence-electron chi connectivity index (χ2n) is 3.64. The molecule has 0 aliphatic heterocycles. The van der Waals surface area contributed by atoms with Crippen molar-refractivity contribution in [3.8, 4) is 0 Å². The van der Waals surface area contributed by atoms with Gasteiger partial charge in [0.05, 0.1) is 4.47 Å². The second-order valence-corrected chi connectivity index (χ2v) is 4.49. The fourth-order valence-corrected chi connectivity index (χ4v) is 1.81. The third-order valence-electron chi connectivity index (χ3n) is 2.39. The molecule has 0 aliphatic carbocycles. The average molecular weight is 312 g/mol. The van der Waals surface area contributed by atoms with E-state index in [0.29, 0.717) is 11.4 Å². The van der Waals surface area contributed by atoms with Gasteiger partial charge in [-0.25, -0.2) is 4.39 Å². The Morgan fingerprint density at radius 3 is 2.89 bits per heavy atom. The molecule has 0 spiro atoms. The lowest BCUT2D eigenvalue weighted by molar-refractivity contribution is 0.102. The number of anilines is 1. The molecular weight excluding hydrogens is 301 g/mol. The number of halogens is 2. The third kappa shape index (κ3) is 2.76. The van der Waals surface area contributed by atoms with Crippen molar-refractivity contribution in [3.05, 3.63) is 46.3 Å². The van der Waals surface area contributed by atoms with Gasteiger partial charge in [-0.15, -0.1) is 0 Å². The largest absolute Gasteiger partial charge is 0.305 e. The molecular formula is C12H11BrFN3O. The van der Waals surface area contributed by atoms with Crippen LogP contribution < -0.4 is 5.32 Å². The zero-order chi connectivity index (χ0) is 13.1. The number of nitrogens with zero attached hydrogens (tertiary/aromatic N) is 2. The number of benzene rings is 1. The van der Waals surface area contributed by atoms with Crippen LogP contribution >= 0.6 is 15.9 Å². The van der Waals surface area contributed by atoms with E-state index in [9.17, 15) is 9.18 Å². The number of rotatable bonds is 3. The Kier molecular flexibility index (Phi) is 3.76. The molecule has 1 amide bonds. The van der Waals surface area contributed by atoms with Crippen molar-refractivity contribution >= 4 is 27.7 Å². The van der Waals surface area contributed by atoms with Crippen LogP contribution in [0.25, 0.3) is 0 Å². The predicted molar refractivity (Wildman–Crippen MR) is 70.0 cm³/mol. The van der Waals surface area contributed by atoms with Crippen LogP contribution in [0.4, 0.5) is 10.2 Å². The van der Waals surface area contributed by atoms with Crippen LogP contribution in [0.1, 0.15) is 17.3 Å². The van der Waals surface area contributed by atoms with Gasteiger partial charge in [0.1, 0.15) is 5.82 Å². The van der Waals surface area contributed by atoms with Crippen molar-refractivity contribution in [3.63, 3.8) is 0 Å². The highest BCUT2D eigenvalue weighted by molar-refractivity contribution is 9.10. The highest BCUT2D eigenvalue weighted by atomic mass is 79.9. The third-order valence-corrected chi connectivity index (χ3v) is 3.00. The summed E-state index contributed by atoms with van der Waals surface area (Å²) < 4.78 is 15.0. The van der Waals surface area contributed by atoms with Crippen LogP contribution in [0.2, 0.25) is 0 Å². The lowest BCUT2D eigenvalue weighted by atomic mass is 10.2. The van der Waals surface area contributed by atoms with Crippen LogP contribution in [0, 0.1) is 5.82 Å². The topological polar surface area (TPSA) is 46.9 Å². The number of hydrogen-bond acceptors (Lipinski definition) is 2. The minimum atomic E-state index is -0.401. The summed E-state index contributed by atoms with van der Waals surface area (Å²) in [5.74, 6) is -0.249. The first-order valence-electron chi connectivity index (χ1n) is 5.40. The maximum absolute atomic E-state index is 13.0. The highest BCUT2D eigenvalue weighted by Gasteiger charge is 2.10. The van der Waals surface area contributed by atoms with Gasteiger partial charge < -0.3 is 5.32 Å². The second kappa shape index (κ2) is 5.30. The molecule has 0 saturated heterocycles. The van der Waals surface area contributed by atoms with Gasteiger partial charge in [-0.1, -0.05) is 0 Å². The van der Waals surface area contributed by atoms with Crippen LogP contribution in [0.3, 0.4) is 0 Å².